The van der Waals surface area contributed by atoms with Crippen LogP contribution in [0.4, 0.5) is 0 Å². The molecule has 0 unspecified atom stereocenters. The summed E-state index contributed by atoms with van der Waals surface area (Å²) in [6, 6.07) is 4.75. The standard InChI is InChI=1S/C12H17NO4S/c1-9-4-5-11(14)10(8-9)12(15)13-6-3-7-18(2,16)17/h4-5,8,14H,3,6-7H2,1-2H3,(H,13,15). The van der Waals surface area contributed by atoms with Crippen molar-refractivity contribution >= 4 is 15.7 Å². The number of phenolic OH excluding ortho intramolecular Hbond substituents is 1. The van der Waals surface area contributed by atoms with Crippen molar-refractivity contribution in [2.24, 2.45) is 0 Å². The van der Waals surface area contributed by atoms with E-state index in [9.17, 15) is 18.3 Å². The molecule has 1 aromatic rings. The molecule has 1 amide bonds. The van der Waals surface area contributed by atoms with Gasteiger partial charge in [-0.15, -0.1) is 0 Å². The van der Waals surface area contributed by atoms with E-state index in [0.29, 0.717) is 6.42 Å². The number of sulfone groups is 1. The molecule has 2 N–H and O–H groups in total. The molecule has 0 saturated carbocycles. The van der Waals surface area contributed by atoms with Crippen LogP contribution in [-0.4, -0.2) is 38.0 Å². The van der Waals surface area contributed by atoms with E-state index in [-0.39, 0.29) is 23.6 Å². The first-order valence-corrected chi connectivity index (χ1v) is 7.61. The van der Waals surface area contributed by atoms with Gasteiger partial charge in [-0.1, -0.05) is 11.6 Å². The van der Waals surface area contributed by atoms with Crippen LogP contribution in [0, 0.1) is 6.92 Å². The van der Waals surface area contributed by atoms with Crippen molar-refractivity contribution in [1.29, 1.82) is 0 Å². The molecule has 1 rings (SSSR count). The molecule has 1 aromatic carbocycles. The highest BCUT2D eigenvalue weighted by atomic mass is 32.2. The average molecular weight is 271 g/mol. The number of hydrogen-bond acceptors (Lipinski definition) is 4. The van der Waals surface area contributed by atoms with Crippen LogP contribution in [0.3, 0.4) is 0 Å². The number of aryl methyl sites for hydroxylation is 1. The Morgan fingerprint density at radius 2 is 2.06 bits per heavy atom. The molecular weight excluding hydrogens is 254 g/mol. The summed E-state index contributed by atoms with van der Waals surface area (Å²) in [5, 5.41) is 12.1. The number of hydrogen-bond donors (Lipinski definition) is 2. The van der Waals surface area contributed by atoms with Gasteiger partial charge in [0.2, 0.25) is 0 Å². The summed E-state index contributed by atoms with van der Waals surface area (Å²) < 4.78 is 21.8. The third-order valence-electron chi connectivity index (χ3n) is 2.37. The lowest BCUT2D eigenvalue weighted by Gasteiger charge is -2.07. The summed E-state index contributed by atoms with van der Waals surface area (Å²) >= 11 is 0. The Morgan fingerprint density at radius 3 is 2.67 bits per heavy atom. The first-order chi connectivity index (χ1) is 8.29. The molecule has 5 nitrogen and oxygen atoms in total. The van der Waals surface area contributed by atoms with Crippen LogP contribution < -0.4 is 5.32 Å². The van der Waals surface area contributed by atoms with Gasteiger partial charge in [0.15, 0.2) is 0 Å². The second-order valence-corrected chi connectivity index (χ2v) is 6.52. The Balaban J connectivity index is 2.53. The first-order valence-electron chi connectivity index (χ1n) is 5.55. The maximum Gasteiger partial charge on any atom is 0.255 e. The lowest BCUT2D eigenvalue weighted by molar-refractivity contribution is 0.0951. The lowest BCUT2D eigenvalue weighted by Crippen LogP contribution is -2.26. The molecule has 100 valence electrons. The molecule has 0 saturated heterocycles. The van der Waals surface area contributed by atoms with Crippen LogP contribution >= 0.6 is 0 Å². The van der Waals surface area contributed by atoms with Crippen molar-refractivity contribution in [2.75, 3.05) is 18.6 Å². The molecule has 0 aliphatic rings. The predicted octanol–water partition coefficient (Wildman–Crippen LogP) is 0.865. The van der Waals surface area contributed by atoms with Crippen molar-refractivity contribution in [3.8, 4) is 5.75 Å². The second-order valence-electron chi connectivity index (χ2n) is 4.26. The van der Waals surface area contributed by atoms with E-state index >= 15 is 0 Å². The van der Waals surface area contributed by atoms with Gasteiger partial charge in [0, 0.05) is 12.8 Å². The van der Waals surface area contributed by atoms with Crippen LogP contribution in [-0.2, 0) is 9.84 Å². The topological polar surface area (TPSA) is 83.5 Å². The van der Waals surface area contributed by atoms with Gasteiger partial charge in [-0.05, 0) is 25.5 Å². The number of carbonyl (C=O) groups excluding carboxylic acids is 1. The molecule has 0 radical (unpaired) electrons. The summed E-state index contributed by atoms with van der Waals surface area (Å²) in [5.74, 6) is -0.446. The highest BCUT2D eigenvalue weighted by molar-refractivity contribution is 7.90. The Morgan fingerprint density at radius 1 is 1.39 bits per heavy atom. The van der Waals surface area contributed by atoms with E-state index in [1.165, 1.54) is 6.07 Å². The zero-order valence-electron chi connectivity index (χ0n) is 10.4. The number of amides is 1. The molecular formula is C12H17NO4S. The number of phenols is 1. The van der Waals surface area contributed by atoms with Crippen LogP contribution in [0.2, 0.25) is 0 Å². The maximum atomic E-state index is 11.7. The van der Waals surface area contributed by atoms with Gasteiger partial charge in [0.1, 0.15) is 15.6 Å². The van der Waals surface area contributed by atoms with Gasteiger partial charge in [0.25, 0.3) is 5.91 Å². The van der Waals surface area contributed by atoms with E-state index in [1.807, 2.05) is 6.92 Å². The minimum Gasteiger partial charge on any atom is -0.507 e. The second kappa shape index (κ2) is 5.86. The SMILES string of the molecule is Cc1ccc(O)c(C(=O)NCCCS(C)(=O)=O)c1. The predicted molar refractivity (Wildman–Crippen MR) is 69.5 cm³/mol. The zero-order valence-corrected chi connectivity index (χ0v) is 11.3. The summed E-state index contributed by atoms with van der Waals surface area (Å²) in [6.07, 6.45) is 1.51. The highest BCUT2D eigenvalue weighted by Crippen LogP contribution is 2.17. The summed E-state index contributed by atoms with van der Waals surface area (Å²) in [4.78, 5) is 11.7. The van der Waals surface area contributed by atoms with Crippen molar-refractivity contribution in [3.63, 3.8) is 0 Å². The Kier molecular flexibility index (Phi) is 4.72. The van der Waals surface area contributed by atoms with Crippen molar-refractivity contribution in [1.82, 2.24) is 5.32 Å². The van der Waals surface area contributed by atoms with Crippen molar-refractivity contribution in [3.05, 3.63) is 29.3 Å². The summed E-state index contributed by atoms with van der Waals surface area (Å²) in [5.41, 5.74) is 1.07. The minimum atomic E-state index is -3.00. The van der Waals surface area contributed by atoms with Crippen molar-refractivity contribution in [2.45, 2.75) is 13.3 Å². The average Bonchev–Trinajstić information content (AvgIpc) is 2.26. The van der Waals surface area contributed by atoms with E-state index in [0.717, 1.165) is 11.8 Å². The molecule has 0 aliphatic heterocycles. The minimum absolute atomic E-state index is 0.0348. The van der Waals surface area contributed by atoms with Crippen LogP contribution in [0.15, 0.2) is 18.2 Å². The fraction of sp³-hybridized carbons (Fsp3) is 0.417. The number of rotatable bonds is 5. The molecule has 18 heavy (non-hydrogen) atoms. The van der Waals surface area contributed by atoms with Gasteiger partial charge in [-0.25, -0.2) is 8.42 Å². The lowest BCUT2D eigenvalue weighted by atomic mass is 10.1. The van der Waals surface area contributed by atoms with E-state index in [1.54, 1.807) is 12.1 Å². The summed E-state index contributed by atoms with van der Waals surface area (Å²) in [6.45, 7) is 2.08. The number of benzene rings is 1. The van der Waals surface area contributed by atoms with E-state index in [2.05, 4.69) is 5.32 Å². The Bertz CT molecular complexity index is 537. The molecule has 0 spiro atoms. The van der Waals surface area contributed by atoms with E-state index < -0.39 is 15.7 Å². The molecule has 0 aromatic heterocycles. The van der Waals surface area contributed by atoms with Gasteiger partial charge in [-0.2, -0.15) is 0 Å². The first kappa shape index (κ1) is 14.5. The smallest absolute Gasteiger partial charge is 0.255 e. The molecule has 0 atom stereocenters. The number of nitrogens with one attached hydrogen (secondary N) is 1. The highest BCUT2D eigenvalue weighted by Gasteiger charge is 2.10. The van der Waals surface area contributed by atoms with Gasteiger partial charge < -0.3 is 10.4 Å². The number of carbonyl (C=O) groups is 1. The zero-order chi connectivity index (χ0) is 13.8. The monoisotopic (exact) mass is 271 g/mol. The van der Waals surface area contributed by atoms with Gasteiger partial charge in [0.05, 0.1) is 11.3 Å². The van der Waals surface area contributed by atoms with Crippen LogP contribution in [0.1, 0.15) is 22.3 Å². The van der Waals surface area contributed by atoms with Crippen LogP contribution in [0.5, 0.6) is 5.75 Å². The number of aromatic hydroxyl groups is 1. The van der Waals surface area contributed by atoms with E-state index in [4.69, 9.17) is 0 Å². The molecule has 0 fully saturated rings. The third kappa shape index (κ3) is 4.75. The molecule has 0 bridgehead atoms. The Labute approximate surface area is 107 Å². The molecule has 6 heteroatoms. The third-order valence-corrected chi connectivity index (χ3v) is 3.40. The van der Waals surface area contributed by atoms with Crippen molar-refractivity contribution < 1.29 is 18.3 Å². The molecule has 0 heterocycles. The van der Waals surface area contributed by atoms with Gasteiger partial charge >= 0.3 is 0 Å². The fourth-order valence-electron chi connectivity index (χ4n) is 1.46. The quantitative estimate of drug-likeness (QED) is 0.778. The van der Waals surface area contributed by atoms with Gasteiger partial charge in [-0.3, -0.25) is 4.79 Å². The molecule has 0 aliphatic carbocycles. The maximum absolute atomic E-state index is 11.7. The summed E-state index contributed by atoms with van der Waals surface area (Å²) in [7, 11) is -3.00. The fourth-order valence-corrected chi connectivity index (χ4v) is 2.13. The normalized spacial score (nSPS) is 11.2. The largest absolute Gasteiger partial charge is 0.507 e. The Hall–Kier alpha value is -1.56. The van der Waals surface area contributed by atoms with Crippen LogP contribution in [0.25, 0.3) is 0 Å².